The third-order valence-electron chi connectivity index (χ3n) is 2.51. The summed E-state index contributed by atoms with van der Waals surface area (Å²) in [6.07, 6.45) is 2.55. The van der Waals surface area contributed by atoms with Crippen molar-refractivity contribution in [2.24, 2.45) is 5.73 Å². The molecule has 0 unspecified atom stereocenters. The number of anilines is 1. The van der Waals surface area contributed by atoms with Crippen LogP contribution in [0.5, 0.6) is 0 Å². The molecule has 23 heavy (non-hydrogen) atoms. The minimum Gasteiger partial charge on any atom is -0.452 e. The highest BCUT2D eigenvalue weighted by Gasteiger charge is 2.13. The van der Waals surface area contributed by atoms with E-state index in [1.807, 2.05) is 0 Å². The van der Waals surface area contributed by atoms with Gasteiger partial charge in [-0.05, 0) is 45.6 Å². The van der Waals surface area contributed by atoms with Crippen LogP contribution < -0.4 is 11.1 Å². The van der Waals surface area contributed by atoms with Crippen LogP contribution in [0.4, 0.5) is 5.00 Å². The average molecular weight is 399 g/mol. The Kier molecular flexibility index (Phi) is 5.72. The second-order valence-corrected chi connectivity index (χ2v) is 5.86. The molecule has 0 bridgehead atoms. The molecule has 0 spiro atoms. The molecule has 7 nitrogen and oxygen atoms in total. The first-order valence-electron chi connectivity index (χ1n) is 6.23. The van der Waals surface area contributed by atoms with Gasteiger partial charge in [0, 0.05) is 6.08 Å². The smallest absolute Gasteiger partial charge is 0.331 e. The SMILES string of the molecule is NC(=O)c1ccsc1NC(=O)COC(=O)/C=C/c1ccc(Br)o1. The number of esters is 1. The summed E-state index contributed by atoms with van der Waals surface area (Å²) in [4.78, 5) is 34.3. The fraction of sp³-hybridized carbons (Fsp3) is 0.0714. The summed E-state index contributed by atoms with van der Waals surface area (Å²) in [7, 11) is 0. The number of hydrogen-bond donors (Lipinski definition) is 2. The van der Waals surface area contributed by atoms with Gasteiger partial charge in [0.1, 0.15) is 10.8 Å². The average Bonchev–Trinajstić information content (AvgIpc) is 3.12. The molecule has 120 valence electrons. The number of thiophene rings is 1. The lowest BCUT2D eigenvalue weighted by atomic mass is 10.3. The van der Waals surface area contributed by atoms with Crippen LogP contribution in [0.1, 0.15) is 16.1 Å². The van der Waals surface area contributed by atoms with Crippen LogP contribution >= 0.6 is 27.3 Å². The molecule has 2 rings (SSSR count). The highest BCUT2D eigenvalue weighted by atomic mass is 79.9. The molecular weight excluding hydrogens is 388 g/mol. The number of rotatable bonds is 6. The van der Waals surface area contributed by atoms with Crippen LogP contribution in [0.15, 0.2) is 38.7 Å². The maximum absolute atomic E-state index is 11.7. The molecule has 0 atom stereocenters. The van der Waals surface area contributed by atoms with E-state index in [9.17, 15) is 14.4 Å². The van der Waals surface area contributed by atoms with Crippen molar-refractivity contribution >= 4 is 56.1 Å². The number of primary amides is 1. The summed E-state index contributed by atoms with van der Waals surface area (Å²) >= 11 is 4.28. The molecule has 9 heteroatoms. The first kappa shape index (κ1) is 17.0. The van der Waals surface area contributed by atoms with Gasteiger partial charge in [0.05, 0.1) is 5.56 Å². The number of furan rings is 1. The minimum absolute atomic E-state index is 0.206. The number of amides is 2. The van der Waals surface area contributed by atoms with Crippen molar-refractivity contribution in [2.45, 2.75) is 0 Å². The van der Waals surface area contributed by atoms with E-state index in [1.165, 1.54) is 12.1 Å². The van der Waals surface area contributed by atoms with E-state index in [4.69, 9.17) is 14.9 Å². The fourth-order valence-corrected chi connectivity index (χ4v) is 2.64. The van der Waals surface area contributed by atoms with Gasteiger partial charge in [-0.3, -0.25) is 9.59 Å². The van der Waals surface area contributed by atoms with Crippen molar-refractivity contribution in [1.82, 2.24) is 0 Å². The van der Waals surface area contributed by atoms with Gasteiger partial charge in [0.15, 0.2) is 11.3 Å². The number of carbonyl (C=O) groups is 3. The lowest BCUT2D eigenvalue weighted by molar-refractivity contribution is -0.142. The number of carbonyl (C=O) groups excluding carboxylic acids is 3. The van der Waals surface area contributed by atoms with Crippen LogP contribution in [0.25, 0.3) is 6.08 Å². The van der Waals surface area contributed by atoms with E-state index in [0.717, 1.165) is 17.4 Å². The van der Waals surface area contributed by atoms with Gasteiger partial charge in [-0.2, -0.15) is 0 Å². The highest BCUT2D eigenvalue weighted by Crippen LogP contribution is 2.22. The standard InChI is InChI=1S/C14H11BrN2O5S/c15-10-3-1-8(22-10)2-4-12(19)21-7-11(18)17-14-9(13(16)20)5-6-23-14/h1-6H,7H2,(H2,16,20)(H,17,18)/b4-2+. The van der Waals surface area contributed by atoms with E-state index < -0.39 is 24.4 Å². The molecule has 2 amide bonds. The van der Waals surface area contributed by atoms with Crippen molar-refractivity contribution in [1.29, 1.82) is 0 Å². The fourth-order valence-electron chi connectivity index (χ4n) is 1.52. The maximum atomic E-state index is 11.7. The molecule has 0 saturated carbocycles. The quantitative estimate of drug-likeness (QED) is 0.572. The Balaban J connectivity index is 1.82. The second-order valence-electron chi connectivity index (χ2n) is 4.16. The molecule has 0 fully saturated rings. The van der Waals surface area contributed by atoms with E-state index in [-0.39, 0.29) is 5.56 Å². The van der Waals surface area contributed by atoms with Gasteiger partial charge in [-0.25, -0.2) is 4.79 Å². The Morgan fingerprint density at radius 1 is 1.35 bits per heavy atom. The Hall–Kier alpha value is -2.39. The summed E-state index contributed by atoms with van der Waals surface area (Å²) in [6.45, 7) is -0.485. The van der Waals surface area contributed by atoms with Gasteiger partial charge in [-0.15, -0.1) is 11.3 Å². The van der Waals surface area contributed by atoms with E-state index in [2.05, 4.69) is 21.2 Å². The predicted octanol–water partition coefficient (Wildman–Crippen LogP) is 2.40. The van der Waals surface area contributed by atoms with E-state index >= 15 is 0 Å². The Morgan fingerprint density at radius 3 is 2.78 bits per heavy atom. The number of hydrogen-bond acceptors (Lipinski definition) is 6. The van der Waals surface area contributed by atoms with Crippen LogP contribution in [-0.4, -0.2) is 24.4 Å². The number of nitrogens with two attached hydrogens (primary N) is 1. The molecular formula is C14H11BrN2O5S. The van der Waals surface area contributed by atoms with E-state index in [0.29, 0.717) is 15.4 Å². The third-order valence-corrected chi connectivity index (χ3v) is 3.76. The molecule has 0 saturated heterocycles. The summed E-state index contributed by atoms with van der Waals surface area (Å²) in [5, 5.41) is 4.39. The van der Waals surface area contributed by atoms with Crippen molar-refractivity contribution in [3.8, 4) is 0 Å². The van der Waals surface area contributed by atoms with Gasteiger partial charge in [-0.1, -0.05) is 0 Å². The molecule has 0 aromatic carbocycles. The lowest BCUT2D eigenvalue weighted by Crippen LogP contribution is -2.21. The molecule has 0 radical (unpaired) electrons. The van der Waals surface area contributed by atoms with Crippen LogP contribution in [0.3, 0.4) is 0 Å². The topological polar surface area (TPSA) is 112 Å². The second kappa shape index (κ2) is 7.75. The van der Waals surface area contributed by atoms with Gasteiger partial charge >= 0.3 is 5.97 Å². The molecule has 2 heterocycles. The highest BCUT2D eigenvalue weighted by molar-refractivity contribution is 9.10. The number of nitrogens with one attached hydrogen (secondary N) is 1. The normalized spacial score (nSPS) is 10.7. The van der Waals surface area contributed by atoms with Crippen LogP contribution in [0.2, 0.25) is 0 Å². The zero-order valence-electron chi connectivity index (χ0n) is 11.6. The van der Waals surface area contributed by atoms with Crippen molar-refractivity contribution in [3.05, 3.63) is 45.6 Å². The first-order valence-corrected chi connectivity index (χ1v) is 7.90. The Labute approximate surface area is 143 Å². The van der Waals surface area contributed by atoms with Crippen molar-refractivity contribution in [2.75, 3.05) is 11.9 Å². The molecule has 3 N–H and O–H groups in total. The zero-order chi connectivity index (χ0) is 16.8. The number of ether oxygens (including phenoxy) is 1. The van der Waals surface area contributed by atoms with Crippen LogP contribution in [-0.2, 0) is 14.3 Å². The molecule has 0 aliphatic carbocycles. The monoisotopic (exact) mass is 398 g/mol. The van der Waals surface area contributed by atoms with E-state index in [1.54, 1.807) is 17.5 Å². The lowest BCUT2D eigenvalue weighted by Gasteiger charge is -2.04. The molecule has 0 aliphatic heterocycles. The molecule has 2 aromatic heterocycles. The molecule has 0 aliphatic rings. The first-order chi connectivity index (χ1) is 11.0. The zero-order valence-corrected chi connectivity index (χ0v) is 14.0. The summed E-state index contributed by atoms with van der Waals surface area (Å²) in [5.41, 5.74) is 5.37. The predicted molar refractivity (Wildman–Crippen MR) is 87.9 cm³/mol. The summed E-state index contributed by atoms with van der Waals surface area (Å²) in [6, 6.07) is 4.83. The van der Waals surface area contributed by atoms with Crippen molar-refractivity contribution < 1.29 is 23.5 Å². The minimum atomic E-state index is -0.700. The Bertz CT molecular complexity index is 765. The largest absolute Gasteiger partial charge is 0.452 e. The summed E-state index contributed by atoms with van der Waals surface area (Å²) < 4.78 is 10.5. The Morgan fingerprint density at radius 2 is 2.13 bits per heavy atom. The third kappa shape index (κ3) is 5.08. The van der Waals surface area contributed by atoms with Crippen molar-refractivity contribution in [3.63, 3.8) is 0 Å². The summed E-state index contributed by atoms with van der Waals surface area (Å²) in [5.74, 6) is -1.46. The maximum Gasteiger partial charge on any atom is 0.331 e. The van der Waals surface area contributed by atoms with Gasteiger partial charge in [0.25, 0.3) is 11.8 Å². The van der Waals surface area contributed by atoms with Gasteiger partial charge < -0.3 is 20.2 Å². The molecule has 2 aromatic rings. The van der Waals surface area contributed by atoms with Gasteiger partial charge in [0.2, 0.25) is 0 Å². The number of halogens is 1. The van der Waals surface area contributed by atoms with Crippen LogP contribution in [0, 0.1) is 0 Å².